The van der Waals surface area contributed by atoms with Crippen LogP contribution in [0.15, 0.2) is 22.8 Å². The largest absolute Gasteiger partial charge is 0.461 e. The maximum atomic E-state index is 12.6. The zero-order valence-electron chi connectivity index (χ0n) is 6.34. The SMILES string of the molecule is O=C(c1ccco1)C1[C@@H](Cl)C1(F)F. The molecule has 2 atom stereocenters. The molecule has 0 amide bonds. The smallest absolute Gasteiger partial charge is 0.276 e. The molecule has 0 radical (unpaired) electrons. The first kappa shape index (κ1) is 8.69. The topological polar surface area (TPSA) is 30.2 Å². The van der Waals surface area contributed by atoms with E-state index in [1.807, 2.05) is 0 Å². The molecule has 1 aliphatic carbocycles. The molecule has 1 heterocycles. The van der Waals surface area contributed by atoms with Crippen LogP contribution < -0.4 is 0 Å². The molecule has 13 heavy (non-hydrogen) atoms. The Bertz CT molecular complexity index is 334. The molecule has 70 valence electrons. The van der Waals surface area contributed by atoms with Crippen molar-refractivity contribution in [2.45, 2.75) is 11.3 Å². The van der Waals surface area contributed by atoms with Crippen molar-refractivity contribution in [3.05, 3.63) is 24.2 Å². The quantitative estimate of drug-likeness (QED) is 0.549. The summed E-state index contributed by atoms with van der Waals surface area (Å²) in [6.45, 7) is 0. The van der Waals surface area contributed by atoms with Crippen LogP contribution in [0.3, 0.4) is 0 Å². The fourth-order valence-electron chi connectivity index (χ4n) is 1.17. The van der Waals surface area contributed by atoms with Gasteiger partial charge in [0.05, 0.1) is 6.26 Å². The van der Waals surface area contributed by atoms with E-state index in [1.54, 1.807) is 0 Å². The molecule has 1 unspecified atom stereocenters. The van der Waals surface area contributed by atoms with Crippen LogP contribution in [0.2, 0.25) is 0 Å². The highest BCUT2D eigenvalue weighted by Gasteiger charge is 2.71. The van der Waals surface area contributed by atoms with E-state index in [4.69, 9.17) is 16.0 Å². The van der Waals surface area contributed by atoms with E-state index in [0.717, 1.165) is 0 Å². The number of Topliss-reactive ketones (excluding diaryl/α,β-unsaturated/α-hetero) is 1. The summed E-state index contributed by atoms with van der Waals surface area (Å²) in [5.41, 5.74) is 0. The van der Waals surface area contributed by atoms with Crippen molar-refractivity contribution in [2.24, 2.45) is 5.92 Å². The molecule has 0 N–H and O–H groups in total. The summed E-state index contributed by atoms with van der Waals surface area (Å²) < 4.78 is 30.0. The summed E-state index contributed by atoms with van der Waals surface area (Å²) in [4.78, 5) is 11.2. The molecule has 2 nitrogen and oxygen atoms in total. The second kappa shape index (κ2) is 2.54. The van der Waals surface area contributed by atoms with Crippen LogP contribution in [0, 0.1) is 5.92 Å². The normalized spacial score (nSPS) is 30.1. The van der Waals surface area contributed by atoms with Crippen LogP contribution >= 0.6 is 11.6 Å². The summed E-state index contributed by atoms with van der Waals surface area (Å²) in [6, 6.07) is 2.82. The third kappa shape index (κ3) is 1.16. The molecule has 0 aliphatic heterocycles. The molecule has 1 fully saturated rings. The van der Waals surface area contributed by atoms with E-state index in [1.165, 1.54) is 18.4 Å². The van der Waals surface area contributed by atoms with Gasteiger partial charge in [0.2, 0.25) is 5.78 Å². The Morgan fingerprint density at radius 1 is 1.62 bits per heavy atom. The van der Waals surface area contributed by atoms with E-state index < -0.39 is 23.0 Å². The number of halogens is 3. The number of hydrogen-bond acceptors (Lipinski definition) is 2. The number of alkyl halides is 3. The van der Waals surface area contributed by atoms with Gasteiger partial charge < -0.3 is 4.42 Å². The van der Waals surface area contributed by atoms with Crippen molar-refractivity contribution in [2.75, 3.05) is 0 Å². The second-order valence-electron chi connectivity index (χ2n) is 2.90. The van der Waals surface area contributed by atoms with Gasteiger partial charge in [0.1, 0.15) is 11.3 Å². The van der Waals surface area contributed by atoms with Gasteiger partial charge in [-0.15, -0.1) is 11.6 Å². The average molecular weight is 207 g/mol. The van der Waals surface area contributed by atoms with Gasteiger partial charge in [-0.1, -0.05) is 0 Å². The molecule has 0 bridgehead atoms. The van der Waals surface area contributed by atoms with Crippen LogP contribution in [-0.2, 0) is 0 Å². The number of hydrogen-bond donors (Lipinski definition) is 0. The van der Waals surface area contributed by atoms with Gasteiger partial charge in [0.15, 0.2) is 5.76 Å². The molecule has 1 aliphatic rings. The number of carbonyl (C=O) groups is 1. The number of carbonyl (C=O) groups excluding carboxylic acids is 1. The minimum atomic E-state index is -3.08. The van der Waals surface area contributed by atoms with Gasteiger partial charge in [-0.25, -0.2) is 8.78 Å². The highest BCUT2D eigenvalue weighted by molar-refractivity contribution is 6.27. The number of ketones is 1. The van der Waals surface area contributed by atoms with Gasteiger partial charge >= 0.3 is 0 Å². The lowest BCUT2D eigenvalue weighted by Crippen LogP contribution is -2.06. The minimum Gasteiger partial charge on any atom is -0.461 e. The van der Waals surface area contributed by atoms with Crippen molar-refractivity contribution in [3.63, 3.8) is 0 Å². The maximum absolute atomic E-state index is 12.6. The van der Waals surface area contributed by atoms with Crippen molar-refractivity contribution in [3.8, 4) is 0 Å². The molecule has 1 saturated carbocycles. The van der Waals surface area contributed by atoms with Crippen molar-refractivity contribution >= 4 is 17.4 Å². The van der Waals surface area contributed by atoms with Crippen molar-refractivity contribution in [1.82, 2.24) is 0 Å². The standard InChI is InChI=1S/C8H5ClF2O2/c9-7-5(8(7,10)11)6(12)4-2-1-3-13-4/h1-3,5,7H/t5?,7-/m1/s1. The Morgan fingerprint density at radius 3 is 2.62 bits per heavy atom. The predicted molar refractivity (Wildman–Crippen MR) is 41.1 cm³/mol. The first-order valence-electron chi connectivity index (χ1n) is 3.64. The lowest BCUT2D eigenvalue weighted by Gasteiger charge is -1.92. The minimum absolute atomic E-state index is 0.0622. The Kier molecular flexibility index (Phi) is 1.70. The zero-order valence-corrected chi connectivity index (χ0v) is 7.09. The summed E-state index contributed by atoms with van der Waals surface area (Å²) in [5, 5.41) is -1.38. The molecule has 1 aromatic heterocycles. The lowest BCUT2D eigenvalue weighted by molar-refractivity contribution is 0.0737. The van der Waals surface area contributed by atoms with Gasteiger partial charge in [-0.2, -0.15) is 0 Å². The van der Waals surface area contributed by atoms with Crippen LogP contribution in [0.25, 0.3) is 0 Å². The fourth-order valence-corrected chi connectivity index (χ4v) is 1.51. The molecule has 5 heteroatoms. The summed E-state index contributed by atoms with van der Waals surface area (Å²) in [6.07, 6.45) is 1.26. The van der Waals surface area contributed by atoms with Crippen molar-refractivity contribution in [1.29, 1.82) is 0 Å². The molecule has 0 aromatic carbocycles. The van der Waals surface area contributed by atoms with Gasteiger partial charge in [-0.3, -0.25) is 4.79 Å². The fraction of sp³-hybridized carbons (Fsp3) is 0.375. The number of furan rings is 1. The van der Waals surface area contributed by atoms with Crippen LogP contribution in [-0.4, -0.2) is 17.1 Å². The van der Waals surface area contributed by atoms with E-state index in [2.05, 4.69) is 0 Å². The molecular weight excluding hydrogens is 202 g/mol. The van der Waals surface area contributed by atoms with Crippen LogP contribution in [0.4, 0.5) is 8.78 Å². The molecule has 2 rings (SSSR count). The Morgan fingerprint density at radius 2 is 2.23 bits per heavy atom. The highest BCUT2D eigenvalue weighted by Crippen LogP contribution is 2.54. The Balaban J connectivity index is 2.18. The summed E-state index contributed by atoms with van der Waals surface area (Å²) >= 11 is 5.24. The van der Waals surface area contributed by atoms with E-state index in [-0.39, 0.29) is 5.76 Å². The van der Waals surface area contributed by atoms with Crippen LogP contribution in [0.5, 0.6) is 0 Å². The zero-order chi connectivity index (χ0) is 9.64. The predicted octanol–water partition coefficient (Wildman–Crippen LogP) is 2.33. The molecule has 0 saturated heterocycles. The van der Waals surface area contributed by atoms with E-state index in [0.29, 0.717) is 0 Å². The third-order valence-corrected chi connectivity index (χ3v) is 2.56. The van der Waals surface area contributed by atoms with Gasteiger partial charge in [0, 0.05) is 0 Å². The first-order chi connectivity index (χ1) is 6.05. The Hall–Kier alpha value is -0.900. The van der Waals surface area contributed by atoms with Crippen molar-refractivity contribution < 1.29 is 18.0 Å². The monoisotopic (exact) mass is 206 g/mol. The van der Waals surface area contributed by atoms with E-state index in [9.17, 15) is 13.6 Å². The van der Waals surface area contributed by atoms with E-state index >= 15 is 0 Å². The average Bonchev–Trinajstić information content (AvgIpc) is 2.57. The molecule has 1 aromatic rings. The Labute approximate surface area is 77.5 Å². The molecular formula is C8H5ClF2O2. The maximum Gasteiger partial charge on any atom is 0.276 e. The highest BCUT2D eigenvalue weighted by atomic mass is 35.5. The van der Waals surface area contributed by atoms with Gasteiger partial charge in [0.25, 0.3) is 5.92 Å². The van der Waals surface area contributed by atoms with Crippen LogP contribution in [0.1, 0.15) is 10.6 Å². The first-order valence-corrected chi connectivity index (χ1v) is 4.08. The number of rotatable bonds is 2. The lowest BCUT2D eigenvalue weighted by atomic mass is 10.2. The summed E-state index contributed by atoms with van der Waals surface area (Å²) in [7, 11) is 0. The summed E-state index contributed by atoms with van der Waals surface area (Å²) in [5.74, 6) is -5.28. The third-order valence-electron chi connectivity index (χ3n) is 2.01. The second-order valence-corrected chi connectivity index (χ2v) is 3.37. The van der Waals surface area contributed by atoms with Gasteiger partial charge in [-0.05, 0) is 12.1 Å². The molecule has 0 spiro atoms.